The van der Waals surface area contributed by atoms with E-state index in [2.05, 4.69) is 0 Å². The number of hydrogen-bond donors (Lipinski definition) is 4. The maximum Gasteiger partial charge on any atom is 0.0835 e. The van der Waals surface area contributed by atoms with E-state index in [1.807, 2.05) is 27.7 Å². The summed E-state index contributed by atoms with van der Waals surface area (Å²) < 4.78 is 0.729. The molecule has 0 bridgehead atoms. The minimum Gasteiger partial charge on any atom is -1.00 e. The van der Waals surface area contributed by atoms with Crippen molar-refractivity contribution < 1.29 is 37.3 Å². The van der Waals surface area contributed by atoms with Crippen molar-refractivity contribution >= 4 is 0 Å². The zero-order valence-corrected chi connectivity index (χ0v) is 15.3. The van der Waals surface area contributed by atoms with Crippen molar-refractivity contribution in [3.05, 3.63) is 0 Å². The molecule has 5 nitrogen and oxygen atoms in total. The van der Waals surface area contributed by atoms with Gasteiger partial charge in [-0.05, 0) is 0 Å². The molecular formula is C16H36ClNO4. The van der Waals surface area contributed by atoms with Gasteiger partial charge in [-0.15, -0.1) is 0 Å². The molecule has 6 heteroatoms. The average molecular weight is 342 g/mol. The molecule has 0 amide bonds. The summed E-state index contributed by atoms with van der Waals surface area (Å²) in [5.74, 6) is 0.640. The number of hydrogen-bond acceptors (Lipinski definition) is 4. The van der Waals surface area contributed by atoms with Gasteiger partial charge in [0.25, 0.3) is 0 Å². The molecule has 0 saturated carbocycles. The first-order valence-corrected chi connectivity index (χ1v) is 8.11. The standard InChI is InChI=1S/C16H36NO4.ClH/c1-13(9-18)5-17(6-14(2)10-19,7-15(3)11-20)8-16(4)12-21;/h13-16,18-21H,5-12H2,1-4H3;1H/q+1;/p-1. The lowest BCUT2D eigenvalue weighted by Crippen LogP contribution is -3.00. The minimum absolute atomic E-state index is 0. The highest BCUT2D eigenvalue weighted by atomic mass is 35.5. The van der Waals surface area contributed by atoms with Gasteiger partial charge in [0.1, 0.15) is 0 Å². The summed E-state index contributed by atoms with van der Waals surface area (Å²) in [5, 5.41) is 37.7. The van der Waals surface area contributed by atoms with Crippen LogP contribution in [-0.2, 0) is 0 Å². The molecule has 0 aliphatic carbocycles. The van der Waals surface area contributed by atoms with E-state index in [0.29, 0.717) is 0 Å². The fourth-order valence-electron chi connectivity index (χ4n) is 3.32. The molecule has 0 aromatic rings. The van der Waals surface area contributed by atoms with Gasteiger partial charge in [0.2, 0.25) is 0 Å². The molecule has 0 heterocycles. The highest BCUT2D eigenvalue weighted by Crippen LogP contribution is 2.21. The van der Waals surface area contributed by atoms with Gasteiger partial charge in [-0.3, -0.25) is 0 Å². The monoisotopic (exact) mass is 341 g/mol. The third-order valence-electron chi connectivity index (χ3n) is 4.04. The van der Waals surface area contributed by atoms with Crippen molar-refractivity contribution in [1.82, 2.24) is 0 Å². The molecule has 0 aliphatic heterocycles. The van der Waals surface area contributed by atoms with E-state index in [1.54, 1.807) is 0 Å². The van der Waals surface area contributed by atoms with Crippen LogP contribution in [0.25, 0.3) is 0 Å². The predicted octanol–water partition coefficient (Wildman–Crippen LogP) is -2.68. The molecule has 0 saturated heterocycles. The predicted molar refractivity (Wildman–Crippen MR) is 84.7 cm³/mol. The molecule has 0 aromatic carbocycles. The van der Waals surface area contributed by atoms with E-state index in [4.69, 9.17) is 0 Å². The molecular weight excluding hydrogens is 306 g/mol. The van der Waals surface area contributed by atoms with Crippen LogP contribution in [0.1, 0.15) is 27.7 Å². The Labute approximate surface area is 142 Å². The number of aliphatic hydroxyl groups is 4. The van der Waals surface area contributed by atoms with Gasteiger partial charge in [0.15, 0.2) is 0 Å². The largest absolute Gasteiger partial charge is 1.00 e. The summed E-state index contributed by atoms with van der Waals surface area (Å²) in [4.78, 5) is 0. The molecule has 22 heavy (non-hydrogen) atoms. The van der Waals surface area contributed by atoms with Gasteiger partial charge in [-0.25, -0.2) is 0 Å². The third kappa shape index (κ3) is 9.28. The second kappa shape index (κ2) is 12.5. The van der Waals surface area contributed by atoms with Crippen LogP contribution in [0, 0.1) is 23.7 Å². The maximum absolute atomic E-state index is 9.41. The quantitative estimate of drug-likeness (QED) is 0.292. The molecule has 0 aliphatic rings. The third-order valence-corrected chi connectivity index (χ3v) is 4.04. The summed E-state index contributed by atoms with van der Waals surface area (Å²) >= 11 is 0. The van der Waals surface area contributed by atoms with Gasteiger partial charge < -0.3 is 37.3 Å². The first-order chi connectivity index (χ1) is 9.82. The van der Waals surface area contributed by atoms with Crippen LogP contribution in [0.2, 0.25) is 0 Å². The molecule has 0 rings (SSSR count). The highest BCUT2D eigenvalue weighted by molar-refractivity contribution is 4.62. The van der Waals surface area contributed by atoms with Gasteiger partial charge in [0.05, 0.1) is 52.6 Å². The molecule has 4 unspecified atom stereocenters. The van der Waals surface area contributed by atoms with Crippen LogP contribution in [0.3, 0.4) is 0 Å². The van der Waals surface area contributed by atoms with Crippen molar-refractivity contribution in [1.29, 1.82) is 0 Å². The van der Waals surface area contributed by atoms with Gasteiger partial charge in [0, 0.05) is 23.7 Å². The van der Waals surface area contributed by atoms with Crippen LogP contribution in [0.5, 0.6) is 0 Å². The number of rotatable bonds is 12. The lowest BCUT2D eigenvalue weighted by Gasteiger charge is -2.44. The first-order valence-electron chi connectivity index (χ1n) is 8.11. The number of nitrogens with zero attached hydrogens (tertiary/aromatic N) is 1. The van der Waals surface area contributed by atoms with Crippen molar-refractivity contribution in [2.24, 2.45) is 23.7 Å². The molecule has 0 radical (unpaired) electrons. The second-order valence-electron chi connectivity index (χ2n) is 7.22. The van der Waals surface area contributed by atoms with Crippen LogP contribution in [0.4, 0.5) is 0 Å². The Morgan fingerprint density at radius 1 is 0.545 bits per heavy atom. The number of aliphatic hydroxyl groups excluding tert-OH is 4. The fourth-order valence-corrected chi connectivity index (χ4v) is 3.32. The highest BCUT2D eigenvalue weighted by Gasteiger charge is 2.34. The van der Waals surface area contributed by atoms with E-state index >= 15 is 0 Å². The van der Waals surface area contributed by atoms with Gasteiger partial charge >= 0.3 is 0 Å². The summed E-state index contributed by atoms with van der Waals surface area (Å²) in [6.07, 6.45) is 0. The summed E-state index contributed by atoms with van der Waals surface area (Å²) in [5.41, 5.74) is 0. The SMILES string of the molecule is CC(CO)C[N+](CC(C)CO)(CC(C)CO)CC(C)CO.[Cl-]. The summed E-state index contributed by atoms with van der Waals surface area (Å²) in [7, 11) is 0. The lowest BCUT2D eigenvalue weighted by molar-refractivity contribution is -0.939. The normalized spacial score (nSPS) is 19.6. The van der Waals surface area contributed by atoms with Gasteiger partial charge in [-0.1, -0.05) is 27.7 Å². The zero-order chi connectivity index (χ0) is 16.5. The van der Waals surface area contributed by atoms with E-state index < -0.39 is 0 Å². The summed E-state index contributed by atoms with van der Waals surface area (Å²) in [6.45, 7) is 11.8. The van der Waals surface area contributed by atoms with E-state index in [-0.39, 0.29) is 62.5 Å². The number of halogens is 1. The minimum atomic E-state index is 0. The molecule has 0 spiro atoms. The van der Waals surface area contributed by atoms with Crippen LogP contribution < -0.4 is 12.4 Å². The Kier molecular flexibility index (Phi) is 13.8. The molecule has 136 valence electrons. The van der Waals surface area contributed by atoms with E-state index in [9.17, 15) is 20.4 Å². The van der Waals surface area contributed by atoms with Crippen molar-refractivity contribution in [2.45, 2.75) is 27.7 Å². The molecule has 4 N–H and O–H groups in total. The smallest absolute Gasteiger partial charge is 0.0835 e. The topological polar surface area (TPSA) is 80.9 Å². The Bertz CT molecular complexity index is 215. The Balaban J connectivity index is 0. The summed E-state index contributed by atoms with van der Waals surface area (Å²) in [6, 6.07) is 0. The van der Waals surface area contributed by atoms with Crippen LogP contribution in [0.15, 0.2) is 0 Å². The molecule has 0 aromatic heterocycles. The number of quaternary nitrogens is 1. The second-order valence-corrected chi connectivity index (χ2v) is 7.22. The Hall–Kier alpha value is 0.0900. The van der Waals surface area contributed by atoms with Gasteiger partial charge in [-0.2, -0.15) is 0 Å². The van der Waals surface area contributed by atoms with Crippen molar-refractivity contribution in [3.63, 3.8) is 0 Å². The first kappa shape index (κ1) is 24.3. The molecule has 0 fully saturated rings. The van der Waals surface area contributed by atoms with Crippen LogP contribution >= 0.6 is 0 Å². The zero-order valence-electron chi connectivity index (χ0n) is 14.6. The Morgan fingerprint density at radius 3 is 0.864 bits per heavy atom. The van der Waals surface area contributed by atoms with Crippen molar-refractivity contribution in [3.8, 4) is 0 Å². The van der Waals surface area contributed by atoms with E-state index in [1.165, 1.54) is 0 Å². The average Bonchev–Trinajstić information content (AvgIpc) is 2.46. The fraction of sp³-hybridized carbons (Fsp3) is 1.00. The molecule has 4 atom stereocenters. The maximum atomic E-state index is 9.41. The van der Waals surface area contributed by atoms with E-state index in [0.717, 1.165) is 30.7 Å². The van der Waals surface area contributed by atoms with Crippen molar-refractivity contribution in [2.75, 3.05) is 52.6 Å². The Morgan fingerprint density at radius 2 is 0.727 bits per heavy atom. The lowest BCUT2D eigenvalue weighted by atomic mass is 10.00. The van der Waals surface area contributed by atoms with Crippen LogP contribution in [-0.4, -0.2) is 77.5 Å².